The number of piperidine rings is 1. The Balaban J connectivity index is 1.69. The van der Waals surface area contributed by atoms with E-state index in [0.717, 1.165) is 32.4 Å². The van der Waals surface area contributed by atoms with E-state index in [9.17, 15) is 9.90 Å². The van der Waals surface area contributed by atoms with E-state index < -0.39 is 5.60 Å². The smallest absolute Gasteiger partial charge is 0.278 e. The van der Waals surface area contributed by atoms with Gasteiger partial charge in [0.2, 0.25) is 5.95 Å². The Kier molecular flexibility index (Phi) is 6.83. The van der Waals surface area contributed by atoms with Crippen LogP contribution in [-0.2, 0) is 12.1 Å². The minimum absolute atomic E-state index is 0.204. The Morgan fingerprint density at radius 1 is 1.20 bits per heavy atom. The lowest BCUT2D eigenvalue weighted by Gasteiger charge is -2.42. The molecule has 4 heterocycles. The third-order valence-corrected chi connectivity index (χ3v) is 7.11. The molecule has 0 bridgehead atoms. The number of nitrogens with one attached hydrogen (secondary N) is 1. The second-order valence-electron chi connectivity index (χ2n) is 10.4. The van der Waals surface area contributed by atoms with Crippen molar-refractivity contribution in [1.29, 1.82) is 0 Å². The van der Waals surface area contributed by atoms with Crippen molar-refractivity contribution in [3.8, 4) is 5.82 Å². The highest BCUT2D eigenvalue weighted by Crippen LogP contribution is 2.25. The van der Waals surface area contributed by atoms with Gasteiger partial charge in [-0.25, -0.2) is 19.3 Å². The van der Waals surface area contributed by atoms with Gasteiger partial charge in [0.15, 0.2) is 11.5 Å². The lowest BCUT2D eigenvalue weighted by molar-refractivity contribution is 0.0738. The standard InChI is InChI=1S/C26H37N7O2/c1-7-14-32-23(34)19-17-27-24(28-18-12-15-31(16-13-18)25(3,4)8-2)30-22(19)33(32)21-11-9-10-20(29-21)26(5,6)35/h7,9-11,17-18,35H,1,8,12-16H2,2-6H3,(H,27,28,30). The molecule has 188 valence electrons. The summed E-state index contributed by atoms with van der Waals surface area (Å²) in [6.07, 6.45) is 6.37. The molecule has 0 saturated carbocycles. The van der Waals surface area contributed by atoms with Gasteiger partial charge in [-0.3, -0.25) is 9.69 Å². The average Bonchev–Trinajstić information content (AvgIpc) is 3.10. The number of nitrogens with zero attached hydrogens (tertiary/aromatic N) is 6. The highest BCUT2D eigenvalue weighted by molar-refractivity contribution is 5.76. The zero-order chi connectivity index (χ0) is 25.4. The van der Waals surface area contributed by atoms with Crippen LogP contribution < -0.4 is 10.9 Å². The van der Waals surface area contributed by atoms with Crippen molar-refractivity contribution in [3.05, 3.63) is 53.1 Å². The largest absolute Gasteiger partial charge is 0.384 e. The average molecular weight is 480 g/mol. The quantitative estimate of drug-likeness (QED) is 0.477. The zero-order valence-electron chi connectivity index (χ0n) is 21.5. The van der Waals surface area contributed by atoms with Crippen LogP contribution in [0, 0.1) is 0 Å². The first-order valence-electron chi connectivity index (χ1n) is 12.4. The Labute approximate surface area is 206 Å². The molecule has 9 heteroatoms. The van der Waals surface area contributed by atoms with Crippen LogP contribution in [0.3, 0.4) is 0 Å². The molecule has 0 amide bonds. The number of pyridine rings is 1. The summed E-state index contributed by atoms with van der Waals surface area (Å²) in [4.78, 5) is 29.6. The summed E-state index contributed by atoms with van der Waals surface area (Å²) in [5.74, 6) is 0.993. The summed E-state index contributed by atoms with van der Waals surface area (Å²) in [6.45, 7) is 16.3. The van der Waals surface area contributed by atoms with Crippen molar-refractivity contribution in [1.82, 2.24) is 29.2 Å². The minimum atomic E-state index is -1.12. The third-order valence-electron chi connectivity index (χ3n) is 7.11. The summed E-state index contributed by atoms with van der Waals surface area (Å²) < 4.78 is 3.23. The fraction of sp³-hybridized carbons (Fsp3) is 0.538. The van der Waals surface area contributed by atoms with Gasteiger partial charge < -0.3 is 10.4 Å². The number of hydrogen-bond acceptors (Lipinski definition) is 7. The van der Waals surface area contributed by atoms with Crippen LogP contribution in [0.2, 0.25) is 0 Å². The van der Waals surface area contributed by atoms with Crippen LogP contribution in [0.1, 0.15) is 59.6 Å². The molecule has 4 rings (SSSR count). The number of aromatic nitrogens is 5. The Hall–Kier alpha value is -3.04. The van der Waals surface area contributed by atoms with Gasteiger partial charge in [0.05, 0.1) is 12.2 Å². The van der Waals surface area contributed by atoms with Crippen LogP contribution >= 0.6 is 0 Å². The van der Waals surface area contributed by atoms with E-state index in [0.29, 0.717) is 28.5 Å². The Morgan fingerprint density at radius 2 is 1.91 bits per heavy atom. The van der Waals surface area contributed by atoms with Crippen LogP contribution in [0.15, 0.2) is 41.8 Å². The number of aliphatic hydroxyl groups is 1. The van der Waals surface area contributed by atoms with Crippen molar-refractivity contribution in [3.63, 3.8) is 0 Å². The van der Waals surface area contributed by atoms with E-state index in [1.54, 1.807) is 42.9 Å². The van der Waals surface area contributed by atoms with Crippen molar-refractivity contribution in [2.45, 2.75) is 77.6 Å². The van der Waals surface area contributed by atoms with Crippen LogP contribution in [0.5, 0.6) is 0 Å². The number of fused-ring (bicyclic) bond motifs is 1. The summed E-state index contributed by atoms with van der Waals surface area (Å²) >= 11 is 0. The van der Waals surface area contributed by atoms with Crippen molar-refractivity contribution < 1.29 is 5.11 Å². The second kappa shape index (κ2) is 9.54. The molecule has 0 spiro atoms. The van der Waals surface area contributed by atoms with Gasteiger partial charge in [0, 0.05) is 30.9 Å². The molecule has 0 aliphatic carbocycles. The number of hydrogen-bond donors (Lipinski definition) is 2. The predicted octanol–water partition coefficient (Wildman–Crippen LogP) is 3.46. The first kappa shape index (κ1) is 25.1. The first-order chi connectivity index (χ1) is 16.5. The molecular formula is C26H37N7O2. The fourth-order valence-electron chi connectivity index (χ4n) is 4.54. The van der Waals surface area contributed by atoms with Gasteiger partial charge in [-0.05, 0) is 59.1 Å². The van der Waals surface area contributed by atoms with Gasteiger partial charge in [-0.15, -0.1) is 6.58 Å². The van der Waals surface area contributed by atoms with Gasteiger partial charge >= 0.3 is 0 Å². The molecule has 35 heavy (non-hydrogen) atoms. The normalized spacial score (nSPS) is 16.1. The maximum Gasteiger partial charge on any atom is 0.278 e. The number of likely N-dealkylation sites (tertiary alicyclic amines) is 1. The van der Waals surface area contributed by atoms with Crippen LogP contribution in [0.4, 0.5) is 5.95 Å². The van der Waals surface area contributed by atoms with E-state index in [2.05, 4.69) is 47.5 Å². The summed E-state index contributed by atoms with van der Waals surface area (Å²) in [5, 5.41) is 14.4. The van der Waals surface area contributed by atoms with Gasteiger partial charge in [-0.2, -0.15) is 4.98 Å². The Morgan fingerprint density at radius 3 is 2.54 bits per heavy atom. The van der Waals surface area contributed by atoms with Crippen molar-refractivity contribution in [2.75, 3.05) is 18.4 Å². The predicted molar refractivity (Wildman–Crippen MR) is 139 cm³/mol. The number of anilines is 1. The highest BCUT2D eigenvalue weighted by Gasteiger charge is 2.29. The fourth-order valence-corrected chi connectivity index (χ4v) is 4.54. The van der Waals surface area contributed by atoms with E-state index in [1.807, 2.05) is 6.07 Å². The lowest BCUT2D eigenvalue weighted by Crippen LogP contribution is -2.49. The summed E-state index contributed by atoms with van der Waals surface area (Å²) in [5.41, 5.74) is -0.152. The zero-order valence-corrected chi connectivity index (χ0v) is 21.5. The second-order valence-corrected chi connectivity index (χ2v) is 10.4. The molecule has 1 aliphatic rings. The first-order valence-corrected chi connectivity index (χ1v) is 12.4. The summed E-state index contributed by atoms with van der Waals surface area (Å²) in [7, 11) is 0. The molecule has 0 atom stereocenters. The van der Waals surface area contributed by atoms with Gasteiger partial charge in [-0.1, -0.05) is 19.1 Å². The van der Waals surface area contributed by atoms with Crippen LogP contribution in [0.25, 0.3) is 16.9 Å². The molecule has 1 aliphatic heterocycles. The lowest BCUT2D eigenvalue weighted by atomic mass is 9.94. The number of allylic oxidation sites excluding steroid dienone is 1. The van der Waals surface area contributed by atoms with Crippen molar-refractivity contribution >= 4 is 17.0 Å². The molecule has 3 aromatic rings. The molecule has 0 unspecified atom stereocenters. The maximum absolute atomic E-state index is 13.2. The van der Waals surface area contributed by atoms with E-state index in [-0.39, 0.29) is 23.7 Å². The van der Waals surface area contributed by atoms with E-state index in [1.165, 1.54) is 4.68 Å². The SMILES string of the molecule is C=CCn1c(=O)c2cnc(NC3CCN(C(C)(C)CC)CC3)nc2n1-c1cccc(C(C)(C)O)n1. The molecule has 0 radical (unpaired) electrons. The molecule has 3 aromatic heterocycles. The highest BCUT2D eigenvalue weighted by atomic mass is 16.3. The minimum Gasteiger partial charge on any atom is -0.384 e. The molecule has 9 nitrogen and oxygen atoms in total. The summed E-state index contributed by atoms with van der Waals surface area (Å²) in [6, 6.07) is 5.65. The van der Waals surface area contributed by atoms with Crippen molar-refractivity contribution in [2.24, 2.45) is 0 Å². The van der Waals surface area contributed by atoms with E-state index >= 15 is 0 Å². The monoisotopic (exact) mass is 479 g/mol. The van der Waals surface area contributed by atoms with Gasteiger partial charge in [0.1, 0.15) is 11.0 Å². The van der Waals surface area contributed by atoms with Gasteiger partial charge in [0.25, 0.3) is 5.56 Å². The molecule has 2 N–H and O–H groups in total. The third kappa shape index (κ3) is 5.01. The van der Waals surface area contributed by atoms with Crippen LogP contribution in [-0.4, -0.2) is 59.0 Å². The Bertz CT molecular complexity index is 1260. The molecule has 1 saturated heterocycles. The topological polar surface area (TPSA) is 101 Å². The molecule has 0 aromatic carbocycles. The maximum atomic E-state index is 13.2. The molecular weight excluding hydrogens is 442 g/mol. The van der Waals surface area contributed by atoms with E-state index in [4.69, 9.17) is 4.98 Å². The molecule has 1 fully saturated rings. The number of rotatable bonds is 8.